The summed E-state index contributed by atoms with van der Waals surface area (Å²) in [7, 11) is 0. The number of nitrogens with one attached hydrogen (secondary N) is 1. The van der Waals surface area contributed by atoms with Gasteiger partial charge in [0, 0.05) is 32.2 Å². The van der Waals surface area contributed by atoms with Crippen LogP contribution in [0.1, 0.15) is 32.8 Å². The number of hydrogen-bond donors (Lipinski definition) is 1. The van der Waals surface area contributed by atoms with Gasteiger partial charge in [0.1, 0.15) is 11.9 Å². The molecule has 0 amide bonds. The molecule has 6 heteroatoms. The Bertz CT molecular complexity index is 536. The molecule has 5 nitrogen and oxygen atoms in total. The van der Waals surface area contributed by atoms with E-state index in [0.717, 1.165) is 44.6 Å². The highest BCUT2D eigenvalue weighted by molar-refractivity contribution is 14.0. The van der Waals surface area contributed by atoms with Crippen molar-refractivity contribution in [3.8, 4) is 5.75 Å². The van der Waals surface area contributed by atoms with Gasteiger partial charge in [-0.3, -0.25) is 0 Å². The van der Waals surface area contributed by atoms with E-state index in [9.17, 15) is 0 Å². The highest BCUT2D eigenvalue weighted by Gasteiger charge is 2.25. The molecule has 1 aliphatic rings. The van der Waals surface area contributed by atoms with Crippen LogP contribution in [-0.2, 0) is 4.74 Å². The SMILES string of the molecule is CCNC(=NCC(C)Oc1ccc(C)cc1)N1CCC(COCC)C1.I. The average molecular weight is 475 g/mol. The van der Waals surface area contributed by atoms with Gasteiger partial charge in [0.2, 0.25) is 0 Å². The summed E-state index contributed by atoms with van der Waals surface area (Å²) in [5.74, 6) is 2.49. The number of benzene rings is 1. The van der Waals surface area contributed by atoms with Crippen LogP contribution in [0.4, 0.5) is 0 Å². The second-order valence-corrected chi connectivity index (χ2v) is 6.70. The smallest absolute Gasteiger partial charge is 0.194 e. The molecule has 1 N–H and O–H groups in total. The van der Waals surface area contributed by atoms with Crippen LogP contribution in [0.5, 0.6) is 5.75 Å². The molecule has 0 aliphatic carbocycles. The summed E-state index contributed by atoms with van der Waals surface area (Å²) in [6.07, 6.45) is 1.21. The third-order valence-electron chi connectivity index (χ3n) is 4.33. The van der Waals surface area contributed by atoms with Crippen molar-refractivity contribution in [1.29, 1.82) is 0 Å². The van der Waals surface area contributed by atoms with Crippen LogP contribution in [0.3, 0.4) is 0 Å². The zero-order valence-corrected chi connectivity index (χ0v) is 18.9. The summed E-state index contributed by atoms with van der Waals surface area (Å²) in [5, 5.41) is 3.41. The van der Waals surface area contributed by atoms with Gasteiger partial charge in [-0.05, 0) is 46.2 Å². The van der Waals surface area contributed by atoms with Gasteiger partial charge in [0.15, 0.2) is 5.96 Å². The Kier molecular flexibility index (Phi) is 11.0. The topological polar surface area (TPSA) is 46.1 Å². The number of rotatable bonds is 8. The van der Waals surface area contributed by atoms with Crippen molar-refractivity contribution < 1.29 is 9.47 Å². The van der Waals surface area contributed by atoms with Crippen molar-refractivity contribution in [1.82, 2.24) is 10.2 Å². The van der Waals surface area contributed by atoms with Crippen molar-refractivity contribution in [2.75, 3.05) is 39.4 Å². The number of likely N-dealkylation sites (tertiary alicyclic amines) is 1. The van der Waals surface area contributed by atoms with Crippen LogP contribution in [0.25, 0.3) is 0 Å². The monoisotopic (exact) mass is 475 g/mol. The first-order chi connectivity index (χ1) is 12.1. The molecule has 0 spiro atoms. The molecule has 1 saturated heterocycles. The fourth-order valence-corrected chi connectivity index (χ4v) is 2.97. The Morgan fingerprint density at radius 3 is 2.69 bits per heavy atom. The summed E-state index contributed by atoms with van der Waals surface area (Å²) in [6.45, 7) is 13.5. The zero-order valence-electron chi connectivity index (χ0n) is 16.5. The van der Waals surface area contributed by atoms with E-state index in [0.29, 0.717) is 12.5 Å². The maximum Gasteiger partial charge on any atom is 0.194 e. The van der Waals surface area contributed by atoms with Gasteiger partial charge >= 0.3 is 0 Å². The second-order valence-electron chi connectivity index (χ2n) is 6.70. The fraction of sp³-hybridized carbons (Fsp3) is 0.650. The molecule has 148 valence electrons. The van der Waals surface area contributed by atoms with Crippen LogP contribution in [-0.4, -0.2) is 56.4 Å². The van der Waals surface area contributed by atoms with E-state index in [1.165, 1.54) is 12.0 Å². The van der Waals surface area contributed by atoms with Gasteiger partial charge in [-0.2, -0.15) is 0 Å². The molecule has 1 fully saturated rings. The van der Waals surface area contributed by atoms with Crippen LogP contribution in [0.15, 0.2) is 29.3 Å². The van der Waals surface area contributed by atoms with Crippen LogP contribution >= 0.6 is 24.0 Å². The van der Waals surface area contributed by atoms with E-state index >= 15 is 0 Å². The molecule has 0 saturated carbocycles. The molecular formula is C20H34IN3O2. The number of ether oxygens (including phenoxy) is 2. The largest absolute Gasteiger partial charge is 0.489 e. The fourth-order valence-electron chi connectivity index (χ4n) is 2.97. The summed E-state index contributed by atoms with van der Waals surface area (Å²) in [5.41, 5.74) is 1.24. The number of halogens is 1. The molecule has 1 aromatic carbocycles. The first-order valence-electron chi connectivity index (χ1n) is 9.46. The number of hydrogen-bond acceptors (Lipinski definition) is 3. The van der Waals surface area contributed by atoms with E-state index in [2.05, 4.69) is 43.1 Å². The van der Waals surface area contributed by atoms with Crippen LogP contribution < -0.4 is 10.1 Å². The lowest BCUT2D eigenvalue weighted by Gasteiger charge is -2.22. The predicted octanol–water partition coefficient (Wildman–Crippen LogP) is 3.70. The molecule has 2 atom stereocenters. The Morgan fingerprint density at radius 1 is 1.31 bits per heavy atom. The highest BCUT2D eigenvalue weighted by Crippen LogP contribution is 2.17. The van der Waals surface area contributed by atoms with Crippen molar-refractivity contribution in [3.05, 3.63) is 29.8 Å². The first-order valence-corrected chi connectivity index (χ1v) is 9.46. The van der Waals surface area contributed by atoms with Crippen molar-refractivity contribution in [2.24, 2.45) is 10.9 Å². The maximum atomic E-state index is 5.96. The summed E-state index contributed by atoms with van der Waals surface area (Å²) < 4.78 is 11.5. The van der Waals surface area contributed by atoms with E-state index in [-0.39, 0.29) is 30.1 Å². The molecule has 1 aromatic rings. The summed E-state index contributed by atoms with van der Waals surface area (Å²) >= 11 is 0. The quantitative estimate of drug-likeness (QED) is 0.354. The lowest BCUT2D eigenvalue weighted by atomic mass is 10.1. The molecular weight excluding hydrogens is 441 g/mol. The molecule has 0 radical (unpaired) electrons. The molecule has 0 aromatic heterocycles. The van der Waals surface area contributed by atoms with Crippen LogP contribution in [0, 0.1) is 12.8 Å². The number of aliphatic imine (C=N–C) groups is 1. The van der Waals surface area contributed by atoms with Gasteiger partial charge < -0.3 is 19.7 Å². The number of aryl methyl sites for hydroxylation is 1. The van der Waals surface area contributed by atoms with Crippen molar-refractivity contribution >= 4 is 29.9 Å². The predicted molar refractivity (Wildman–Crippen MR) is 119 cm³/mol. The molecule has 1 aliphatic heterocycles. The third-order valence-corrected chi connectivity index (χ3v) is 4.33. The maximum absolute atomic E-state index is 5.96. The molecule has 0 bridgehead atoms. The number of nitrogens with zero attached hydrogens (tertiary/aromatic N) is 2. The lowest BCUT2D eigenvalue weighted by Crippen LogP contribution is -2.41. The molecule has 26 heavy (non-hydrogen) atoms. The number of guanidine groups is 1. The van der Waals surface area contributed by atoms with Gasteiger partial charge in [-0.1, -0.05) is 17.7 Å². The first kappa shape index (κ1) is 23.0. The van der Waals surface area contributed by atoms with E-state index in [1.807, 2.05) is 19.1 Å². The highest BCUT2D eigenvalue weighted by atomic mass is 127. The normalized spacial score (nSPS) is 18.4. The Morgan fingerprint density at radius 2 is 2.04 bits per heavy atom. The molecule has 2 rings (SSSR count). The van der Waals surface area contributed by atoms with Crippen LogP contribution in [0.2, 0.25) is 0 Å². The minimum absolute atomic E-state index is 0. The second kappa shape index (κ2) is 12.4. The zero-order chi connectivity index (χ0) is 18.1. The Labute approximate surface area is 175 Å². The minimum Gasteiger partial charge on any atom is -0.489 e. The minimum atomic E-state index is 0. The van der Waals surface area contributed by atoms with E-state index < -0.39 is 0 Å². The van der Waals surface area contributed by atoms with Gasteiger partial charge in [-0.25, -0.2) is 4.99 Å². The van der Waals surface area contributed by atoms with Crippen molar-refractivity contribution in [3.63, 3.8) is 0 Å². The third kappa shape index (κ3) is 7.70. The summed E-state index contributed by atoms with van der Waals surface area (Å²) in [4.78, 5) is 7.13. The Balaban J connectivity index is 0.00000338. The van der Waals surface area contributed by atoms with Gasteiger partial charge in [-0.15, -0.1) is 24.0 Å². The van der Waals surface area contributed by atoms with E-state index in [1.54, 1.807) is 0 Å². The molecule has 2 unspecified atom stereocenters. The standard InChI is InChI=1S/C20H33N3O2.HI/c1-5-21-20(23-12-11-18(14-23)15-24-6-2)22-13-17(4)25-19-9-7-16(3)8-10-19;/h7-10,17-18H,5-6,11-15H2,1-4H3,(H,21,22);1H. The average Bonchev–Trinajstić information content (AvgIpc) is 3.07. The van der Waals surface area contributed by atoms with Crippen molar-refractivity contribution in [2.45, 2.75) is 40.2 Å². The van der Waals surface area contributed by atoms with E-state index in [4.69, 9.17) is 14.5 Å². The van der Waals surface area contributed by atoms with Gasteiger partial charge in [0.05, 0.1) is 13.2 Å². The lowest BCUT2D eigenvalue weighted by molar-refractivity contribution is 0.114. The molecule has 1 heterocycles. The summed E-state index contributed by atoms with van der Waals surface area (Å²) in [6, 6.07) is 8.16. The Hall–Kier alpha value is -1.02. The van der Waals surface area contributed by atoms with Gasteiger partial charge in [0.25, 0.3) is 0 Å².